The standard InChI is InChI=1S/C13H15ClN2O2S/c14-9-6-8-10(15-13(18)12(8)17)7-11(9)16-2-1-4-19-5-3-16/h6-7,12,17H,1-5H2,(H,15,18). The number of hydrogen-bond acceptors (Lipinski definition) is 4. The minimum atomic E-state index is -1.10. The van der Waals surface area contributed by atoms with Crippen LogP contribution in [-0.4, -0.2) is 35.6 Å². The summed E-state index contributed by atoms with van der Waals surface area (Å²) in [6, 6.07) is 3.58. The molecule has 0 aliphatic carbocycles. The molecule has 3 rings (SSSR count). The molecule has 1 atom stereocenters. The van der Waals surface area contributed by atoms with Crippen molar-refractivity contribution < 1.29 is 9.90 Å². The van der Waals surface area contributed by atoms with Gasteiger partial charge in [-0.2, -0.15) is 11.8 Å². The number of carbonyl (C=O) groups excluding carboxylic acids is 1. The number of amides is 1. The van der Waals surface area contributed by atoms with Gasteiger partial charge in [-0.25, -0.2) is 0 Å². The van der Waals surface area contributed by atoms with Crippen LogP contribution in [0, 0.1) is 0 Å². The van der Waals surface area contributed by atoms with E-state index in [0.717, 1.165) is 31.0 Å². The van der Waals surface area contributed by atoms with Crippen molar-refractivity contribution in [1.82, 2.24) is 0 Å². The van der Waals surface area contributed by atoms with Gasteiger partial charge in [-0.05, 0) is 24.3 Å². The summed E-state index contributed by atoms with van der Waals surface area (Å²) < 4.78 is 0. The van der Waals surface area contributed by atoms with Gasteiger partial charge < -0.3 is 15.3 Å². The Morgan fingerprint density at radius 1 is 1.37 bits per heavy atom. The molecule has 102 valence electrons. The first kappa shape index (κ1) is 13.1. The first-order chi connectivity index (χ1) is 9.16. The number of rotatable bonds is 1. The van der Waals surface area contributed by atoms with Gasteiger partial charge in [-0.1, -0.05) is 11.6 Å². The normalized spacial score (nSPS) is 22.9. The van der Waals surface area contributed by atoms with Gasteiger partial charge in [0.2, 0.25) is 0 Å². The van der Waals surface area contributed by atoms with E-state index in [4.69, 9.17) is 11.6 Å². The molecule has 1 amide bonds. The zero-order chi connectivity index (χ0) is 13.4. The Morgan fingerprint density at radius 2 is 2.21 bits per heavy atom. The molecule has 1 fully saturated rings. The molecule has 6 heteroatoms. The summed E-state index contributed by atoms with van der Waals surface area (Å²) in [6.45, 7) is 1.93. The Bertz CT molecular complexity index is 516. The van der Waals surface area contributed by atoms with Gasteiger partial charge >= 0.3 is 0 Å². The fraction of sp³-hybridized carbons (Fsp3) is 0.462. The number of aliphatic hydroxyl groups excluding tert-OH is 1. The summed E-state index contributed by atoms with van der Waals surface area (Å²) >= 11 is 8.26. The van der Waals surface area contributed by atoms with Crippen molar-refractivity contribution in [3.05, 3.63) is 22.7 Å². The van der Waals surface area contributed by atoms with Crippen LogP contribution in [0.2, 0.25) is 5.02 Å². The molecule has 2 aliphatic rings. The third-order valence-corrected chi connectivity index (χ3v) is 4.83. The summed E-state index contributed by atoms with van der Waals surface area (Å²) in [5.74, 6) is 1.88. The van der Waals surface area contributed by atoms with E-state index in [1.807, 2.05) is 17.8 Å². The van der Waals surface area contributed by atoms with Crippen LogP contribution >= 0.6 is 23.4 Å². The van der Waals surface area contributed by atoms with Crippen molar-refractivity contribution in [2.24, 2.45) is 0 Å². The molecule has 1 saturated heterocycles. The maximum Gasteiger partial charge on any atom is 0.257 e. The van der Waals surface area contributed by atoms with Crippen molar-refractivity contribution in [1.29, 1.82) is 0 Å². The molecule has 1 unspecified atom stereocenters. The molecule has 1 aromatic rings. The quantitative estimate of drug-likeness (QED) is 0.835. The fourth-order valence-electron chi connectivity index (χ4n) is 2.48. The number of thioether (sulfide) groups is 1. The van der Waals surface area contributed by atoms with E-state index in [1.165, 1.54) is 5.75 Å². The molecule has 0 bridgehead atoms. The number of benzene rings is 1. The summed E-state index contributed by atoms with van der Waals surface area (Å²) in [5, 5.41) is 13.0. The third kappa shape index (κ3) is 2.42. The van der Waals surface area contributed by atoms with Crippen LogP contribution in [0.4, 0.5) is 11.4 Å². The van der Waals surface area contributed by atoms with Crippen LogP contribution in [0.15, 0.2) is 12.1 Å². The lowest BCUT2D eigenvalue weighted by Crippen LogP contribution is -2.25. The summed E-state index contributed by atoms with van der Waals surface area (Å²) in [7, 11) is 0. The molecule has 2 N–H and O–H groups in total. The van der Waals surface area contributed by atoms with Gasteiger partial charge in [-0.3, -0.25) is 4.79 Å². The summed E-state index contributed by atoms with van der Waals surface area (Å²) in [4.78, 5) is 13.7. The smallest absolute Gasteiger partial charge is 0.257 e. The second kappa shape index (κ2) is 5.23. The van der Waals surface area contributed by atoms with Gasteiger partial charge in [-0.15, -0.1) is 0 Å². The average molecular weight is 299 g/mol. The Kier molecular flexibility index (Phi) is 3.60. The van der Waals surface area contributed by atoms with Crippen molar-refractivity contribution in [3.8, 4) is 0 Å². The largest absolute Gasteiger partial charge is 0.378 e. The van der Waals surface area contributed by atoms with E-state index in [9.17, 15) is 9.90 Å². The highest BCUT2D eigenvalue weighted by Crippen LogP contribution is 2.39. The van der Waals surface area contributed by atoms with Crippen LogP contribution in [0.25, 0.3) is 0 Å². The zero-order valence-corrected chi connectivity index (χ0v) is 11.9. The molecule has 0 spiro atoms. The molecule has 4 nitrogen and oxygen atoms in total. The van der Waals surface area contributed by atoms with Crippen molar-refractivity contribution in [2.45, 2.75) is 12.5 Å². The SMILES string of the molecule is O=C1Nc2cc(N3CCCSCC3)c(Cl)cc2C1O. The van der Waals surface area contributed by atoms with Crippen LogP contribution in [0.5, 0.6) is 0 Å². The minimum Gasteiger partial charge on any atom is -0.378 e. The lowest BCUT2D eigenvalue weighted by molar-refractivity contribution is -0.123. The third-order valence-electron chi connectivity index (χ3n) is 3.48. The molecule has 0 saturated carbocycles. The number of halogens is 1. The van der Waals surface area contributed by atoms with Crippen molar-refractivity contribution in [2.75, 3.05) is 34.8 Å². The molecule has 2 aliphatic heterocycles. The monoisotopic (exact) mass is 298 g/mol. The highest BCUT2D eigenvalue weighted by atomic mass is 35.5. The summed E-state index contributed by atoms with van der Waals surface area (Å²) in [5.41, 5.74) is 2.19. The zero-order valence-electron chi connectivity index (χ0n) is 10.4. The van der Waals surface area contributed by atoms with E-state index in [1.54, 1.807) is 6.07 Å². The molecule has 0 radical (unpaired) electrons. The summed E-state index contributed by atoms with van der Waals surface area (Å²) in [6.07, 6.45) is 0.0359. The highest BCUT2D eigenvalue weighted by Gasteiger charge is 2.30. The molecule has 19 heavy (non-hydrogen) atoms. The van der Waals surface area contributed by atoms with Crippen LogP contribution < -0.4 is 10.2 Å². The van der Waals surface area contributed by atoms with Crippen LogP contribution in [0.1, 0.15) is 18.1 Å². The Hall–Kier alpha value is -0.910. The maximum absolute atomic E-state index is 11.5. The van der Waals surface area contributed by atoms with E-state index in [2.05, 4.69) is 10.2 Å². The van der Waals surface area contributed by atoms with E-state index in [-0.39, 0.29) is 5.91 Å². The number of fused-ring (bicyclic) bond motifs is 1. The van der Waals surface area contributed by atoms with E-state index < -0.39 is 6.10 Å². The van der Waals surface area contributed by atoms with Gasteiger partial charge in [0.25, 0.3) is 5.91 Å². The minimum absolute atomic E-state index is 0.380. The van der Waals surface area contributed by atoms with E-state index in [0.29, 0.717) is 16.3 Å². The maximum atomic E-state index is 11.5. The van der Waals surface area contributed by atoms with Crippen LogP contribution in [-0.2, 0) is 4.79 Å². The molecular formula is C13H15ClN2O2S. The topological polar surface area (TPSA) is 52.6 Å². The number of hydrogen-bond donors (Lipinski definition) is 2. The Morgan fingerprint density at radius 3 is 3.05 bits per heavy atom. The van der Waals surface area contributed by atoms with Crippen molar-refractivity contribution in [3.63, 3.8) is 0 Å². The van der Waals surface area contributed by atoms with Gasteiger partial charge in [0, 0.05) is 30.1 Å². The number of anilines is 2. The molecule has 1 aromatic carbocycles. The Labute approximate surface area is 121 Å². The van der Waals surface area contributed by atoms with E-state index >= 15 is 0 Å². The lowest BCUT2D eigenvalue weighted by Gasteiger charge is -2.24. The Balaban J connectivity index is 1.95. The average Bonchev–Trinajstić information content (AvgIpc) is 2.63. The second-order valence-corrected chi connectivity index (χ2v) is 6.37. The number of carbonyl (C=O) groups is 1. The van der Waals surface area contributed by atoms with Gasteiger partial charge in [0.05, 0.1) is 10.7 Å². The van der Waals surface area contributed by atoms with Crippen LogP contribution in [0.3, 0.4) is 0 Å². The molecule has 0 aromatic heterocycles. The number of nitrogens with one attached hydrogen (secondary N) is 1. The molecule has 2 heterocycles. The second-order valence-electron chi connectivity index (χ2n) is 4.74. The van der Waals surface area contributed by atoms with Gasteiger partial charge in [0.1, 0.15) is 0 Å². The van der Waals surface area contributed by atoms with Gasteiger partial charge in [0.15, 0.2) is 6.10 Å². The molecular weight excluding hydrogens is 284 g/mol. The number of nitrogens with zero attached hydrogens (tertiary/aromatic N) is 1. The fourth-order valence-corrected chi connectivity index (χ4v) is 3.66. The first-order valence-electron chi connectivity index (χ1n) is 6.32. The number of aliphatic hydroxyl groups is 1. The predicted octanol–water partition coefficient (Wildman–Crippen LogP) is 2.27. The predicted molar refractivity (Wildman–Crippen MR) is 79.2 cm³/mol. The highest BCUT2D eigenvalue weighted by molar-refractivity contribution is 7.99. The lowest BCUT2D eigenvalue weighted by atomic mass is 10.1. The van der Waals surface area contributed by atoms with Crippen molar-refractivity contribution >= 4 is 40.6 Å². The first-order valence-corrected chi connectivity index (χ1v) is 7.85.